The van der Waals surface area contributed by atoms with Crippen molar-refractivity contribution in [2.75, 3.05) is 13.2 Å². The lowest BCUT2D eigenvalue weighted by Gasteiger charge is -2.19. The van der Waals surface area contributed by atoms with E-state index < -0.39 is 23.5 Å². The van der Waals surface area contributed by atoms with Gasteiger partial charge in [-0.25, -0.2) is 0 Å². The predicted octanol–water partition coefficient (Wildman–Crippen LogP) is 0.632. The number of hydrogen-bond acceptors (Lipinski definition) is 6. The molecule has 0 atom stereocenters. The molecule has 0 saturated heterocycles. The van der Waals surface area contributed by atoms with E-state index in [1.807, 2.05) is 0 Å². The van der Waals surface area contributed by atoms with E-state index in [0.717, 1.165) is 0 Å². The molecule has 0 spiro atoms. The standard InChI is InChI=1S/C14H23NO7/c1-14(2,3)22-13(20)6-4-10(16)15-8-9-21-12(19)7-5-11(17)18/h4-9H2,1-3H3,(H,15,16)(H,17,18). The third kappa shape index (κ3) is 12.9. The maximum absolute atomic E-state index is 11.4. The SMILES string of the molecule is CC(C)(C)OC(=O)CCC(=O)NCCOC(=O)CCC(=O)O. The van der Waals surface area contributed by atoms with E-state index in [9.17, 15) is 19.2 Å². The maximum Gasteiger partial charge on any atom is 0.306 e. The molecule has 0 aromatic rings. The van der Waals surface area contributed by atoms with Gasteiger partial charge in [0.1, 0.15) is 12.2 Å². The van der Waals surface area contributed by atoms with Crippen molar-refractivity contribution in [2.45, 2.75) is 52.1 Å². The Bertz CT molecular complexity index is 412. The van der Waals surface area contributed by atoms with E-state index in [4.69, 9.17) is 14.6 Å². The van der Waals surface area contributed by atoms with Crippen LogP contribution < -0.4 is 5.32 Å². The minimum absolute atomic E-state index is 0.0120. The highest BCUT2D eigenvalue weighted by atomic mass is 16.6. The quantitative estimate of drug-likeness (QED) is 0.473. The summed E-state index contributed by atoms with van der Waals surface area (Å²) in [5.74, 6) is -2.52. The first kappa shape index (κ1) is 19.9. The highest BCUT2D eigenvalue weighted by Gasteiger charge is 2.17. The number of nitrogens with one attached hydrogen (secondary N) is 1. The lowest BCUT2D eigenvalue weighted by Crippen LogP contribution is -2.29. The average Bonchev–Trinajstić information content (AvgIpc) is 2.37. The van der Waals surface area contributed by atoms with Crippen LogP contribution in [0.15, 0.2) is 0 Å². The molecule has 0 unspecified atom stereocenters. The van der Waals surface area contributed by atoms with E-state index in [1.54, 1.807) is 20.8 Å². The summed E-state index contributed by atoms with van der Waals surface area (Å²) in [4.78, 5) is 44.1. The second-order valence-electron chi connectivity index (χ2n) is 5.55. The van der Waals surface area contributed by atoms with Crippen LogP contribution in [0.3, 0.4) is 0 Å². The minimum Gasteiger partial charge on any atom is -0.481 e. The van der Waals surface area contributed by atoms with Gasteiger partial charge in [-0.2, -0.15) is 0 Å². The van der Waals surface area contributed by atoms with Crippen LogP contribution >= 0.6 is 0 Å². The number of hydrogen-bond donors (Lipinski definition) is 2. The number of carboxylic acid groups (broad SMARTS) is 1. The zero-order chi connectivity index (χ0) is 17.2. The first-order valence-electron chi connectivity index (χ1n) is 6.96. The van der Waals surface area contributed by atoms with Gasteiger partial charge in [-0.1, -0.05) is 0 Å². The van der Waals surface area contributed by atoms with Crippen molar-refractivity contribution in [3.63, 3.8) is 0 Å². The molecular formula is C14H23NO7. The Hall–Kier alpha value is -2.12. The van der Waals surface area contributed by atoms with Crippen LogP contribution in [-0.2, 0) is 28.7 Å². The monoisotopic (exact) mass is 317 g/mol. The van der Waals surface area contributed by atoms with Gasteiger partial charge < -0.3 is 19.9 Å². The number of carboxylic acids is 1. The Kier molecular flexibility index (Phi) is 8.81. The predicted molar refractivity (Wildman–Crippen MR) is 75.9 cm³/mol. The number of carbonyl (C=O) groups is 4. The van der Waals surface area contributed by atoms with Gasteiger partial charge in [0, 0.05) is 6.42 Å². The summed E-state index contributed by atoms with van der Waals surface area (Å²) in [5.41, 5.74) is -0.586. The van der Waals surface area contributed by atoms with Crippen LogP contribution in [0.5, 0.6) is 0 Å². The van der Waals surface area contributed by atoms with Crippen molar-refractivity contribution < 1.29 is 33.8 Å². The van der Waals surface area contributed by atoms with Gasteiger partial charge in [0.15, 0.2) is 0 Å². The number of esters is 2. The largest absolute Gasteiger partial charge is 0.481 e. The third-order valence-corrected chi connectivity index (χ3v) is 2.21. The molecule has 0 aliphatic heterocycles. The van der Waals surface area contributed by atoms with Crippen molar-refractivity contribution in [2.24, 2.45) is 0 Å². The summed E-state index contributed by atoms with van der Waals surface area (Å²) in [5, 5.41) is 10.9. The summed E-state index contributed by atoms with van der Waals surface area (Å²) in [6.45, 7) is 5.28. The van der Waals surface area contributed by atoms with Crippen molar-refractivity contribution >= 4 is 23.8 Å². The molecule has 0 rings (SSSR count). The molecule has 0 aliphatic carbocycles. The van der Waals surface area contributed by atoms with E-state index >= 15 is 0 Å². The maximum atomic E-state index is 11.4. The fraction of sp³-hybridized carbons (Fsp3) is 0.714. The molecule has 0 saturated carbocycles. The number of aliphatic carboxylic acids is 1. The third-order valence-electron chi connectivity index (χ3n) is 2.21. The van der Waals surface area contributed by atoms with Gasteiger partial charge in [-0.05, 0) is 20.8 Å². The molecule has 8 heteroatoms. The number of rotatable bonds is 9. The van der Waals surface area contributed by atoms with E-state index in [1.165, 1.54) is 0 Å². The zero-order valence-electron chi connectivity index (χ0n) is 13.1. The van der Waals surface area contributed by atoms with Gasteiger partial charge in [0.25, 0.3) is 0 Å². The Morgan fingerprint density at radius 1 is 0.955 bits per heavy atom. The Morgan fingerprint density at radius 2 is 1.55 bits per heavy atom. The van der Waals surface area contributed by atoms with Crippen LogP contribution in [0.2, 0.25) is 0 Å². The summed E-state index contributed by atoms with van der Waals surface area (Å²) in [7, 11) is 0. The van der Waals surface area contributed by atoms with Gasteiger partial charge >= 0.3 is 17.9 Å². The molecule has 8 nitrogen and oxygen atoms in total. The Labute approximate surface area is 129 Å². The first-order valence-corrected chi connectivity index (χ1v) is 6.96. The summed E-state index contributed by atoms with van der Waals surface area (Å²) < 4.78 is 9.78. The fourth-order valence-corrected chi connectivity index (χ4v) is 1.33. The number of carbonyl (C=O) groups excluding carboxylic acids is 3. The van der Waals surface area contributed by atoms with Crippen LogP contribution in [0.4, 0.5) is 0 Å². The summed E-state index contributed by atoms with van der Waals surface area (Å²) in [6.07, 6.45) is -0.535. The second kappa shape index (κ2) is 9.75. The first-order chi connectivity index (χ1) is 10.1. The fourth-order valence-electron chi connectivity index (χ4n) is 1.33. The molecule has 0 fully saturated rings. The molecule has 0 aromatic heterocycles. The van der Waals surface area contributed by atoms with Gasteiger partial charge in [-0.3, -0.25) is 19.2 Å². The second-order valence-corrected chi connectivity index (χ2v) is 5.55. The minimum atomic E-state index is -1.08. The van der Waals surface area contributed by atoms with Gasteiger partial charge in [0.2, 0.25) is 5.91 Å². The molecule has 0 radical (unpaired) electrons. The molecule has 1 amide bonds. The Balaban J connectivity index is 3.68. The molecule has 0 aliphatic rings. The topological polar surface area (TPSA) is 119 Å². The Morgan fingerprint density at radius 3 is 2.09 bits per heavy atom. The smallest absolute Gasteiger partial charge is 0.306 e. The van der Waals surface area contributed by atoms with Crippen molar-refractivity contribution in [1.29, 1.82) is 0 Å². The lowest BCUT2D eigenvalue weighted by molar-refractivity contribution is -0.155. The lowest BCUT2D eigenvalue weighted by atomic mass is 10.2. The highest BCUT2D eigenvalue weighted by molar-refractivity contribution is 5.81. The van der Waals surface area contributed by atoms with E-state index in [-0.39, 0.29) is 44.7 Å². The molecular weight excluding hydrogens is 294 g/mol. The van der Waals surface area contributed by atoms with Crippen molar-refractivity contribution in [1.82, 2.24) is 5.32 Å². The van der Waals surface area contributed by atoms with E-state index in [0.29, 0.717) is 0 Å². The molecule has 0 aromatic carbocycles. The highest BCUT2D eigenvalue weighted by Crippen LogP contribution is 2.08. The van der Waals surface area contributed by atoms with E-state index in [2.05, 4.69) is 5.32 Å². The molecule has 22 heavy (non-hydrogen) atoms. The van der Waals surface area contributed by atoms with Crippen molar-refractivity contribution in [3.8, 4) is 0 Å². The normalized spacial score (nSPS) is 10.7. The van der Waals surface area contributed by atoms with Crippen LogP contribution in [0.25, 0.3) is 0 Å². The summed E-state index contributed by atoms with van der Waals surface area (Å²) >= 11 is 0. The zero-order valence-corrected chi connectivity index (χ0v) is 13.1. The average molecular weight is 317 g/mol. The van der Waals surface area contributed by atoms with Gasteiger partial charge in [-0.15, -0.1) is 0 Å². The number of ether oxygens (including phenoxy) is 2. The van der Waals surface area contributed by atoms with Crippen LogP contribution in [-0.4, -0.2) is 47.7 Å². The van der Waals surface area contributed by atoms with Crippen LogP contribution in [0, 0.1) is 0 Å². The number of amides is 1. The van der Waals surface area contributed by atoms with Gasteiger partial charge in [0.05, 0.1) is 25.8 Å². The molecule has 126 valence electrons. The molecule has 0 bridgehead atoms. The van der Waals surface area contributed by atoms with Crippen molar-refractivity contribution in [3.05, 3.63) is 0 Å². The molecule has 2 N–H and O–H groups in total. The summed E-state index contributed by atoms with van der Waals surface area (Å²) in [6, 6.07) is 0. The molecule has 0 heterocycles. The van der Waals surface area contributed by atoms with Crippen LogP contribution in [0.1, 0.15) is 46.5 Å².